The van der Waals surface area contributed by atoms with Gasteiger partial charge in [0.15, 0.2) is 5.65 Å². The molecule has 100 valence electrons. The van der Waals surface area contributed by atoms with Gasteiger partial charge in [-0.1, -0.05) is 6.92 Å². The summed E-state index contributed by atoms with van der Waals surface area (Å²) < 4.78 is 1.91. The highest BCUT2D eigenvalue weighted by molar-refractivity contribution is 5.48. The van der Waals surface area contributed by atoms with Crippen molar-refractivity contribution >= 4 is 11.5 Å². The number of imidazole rings is 1. The lowest BCUT2D eigenvalue weighted by Gasteiger charge is -2.20. The number of nitrogens with one attached hydrogen (secondary N) is 1. The predicted octanol–water partition coefficient (Wildman–Crippen LogP) is 0.946. The van der Waals surface area contributed by atoms with Gasteiger partial charge < -0.3 is 10.2 Å². The van der Waals surface area contributed by atoms with Crippen molar-refractivity contribution in [3.05, 3.63) is 24.0 Å². The minimum absolute atomic E-state index is 0.736. The zero-order valence-corrected chi connectivity index (χ0v) is 11.4. The van der Waals surface area contributed by atoms with Crippen LogP contribution in [0, 0.1) is 11.8 Å². The lowest BCUT2D eigenvalue weighted by molar-refractivity contribution is 0.646. The number of anilines is 1. The number of piperidine rings is 1. The topological polar surface area (TPSA) is 45.5 Å². The summed E-state index contributed by atoms with van der Waals surface area (Å²) in [4.78, 5) is 6.92. The molecule has 2 aliphatic rings. The van der Waals surface area contributed by atoms with Crippen LogP contribution in [0.1, 0.15) is 12.6 Å². The van der Waals surface area contributed by atoms with Crippen LogP contribution in [0.4, 0.5) is 5.82 Å². The maximum atomic E-state index is 4.69. The molecule has 5 nitrogen and oxygen atoms in total. The normalized spacial score (nSPS) is 28.9. The van der Waals surface area contributed by atoms with Crippen molar-refractivity contribution < 1.29 is 0 Å². The molecular formula is C14H19N5. The molecule has 2 aromatic heterocycles. The van der Waals surface area contributed by atoms with E-state index in [0.29, 0.717) is 0 Å². The predicted molar refractivity (Wildman–Crippen MR) is 74.4 cm³/mol. The number of fused-ring (bicyclic) bond motifs is 2. The number of rotatable bonds is 3. The summed E-state index contributed by atoms with van der Waals surface area (Å²) in [6, 6.07) is 4.90. The van der Waals surface area contributed by atoms with Crippen LogP contribution in [0.5, 0.6) is 0 Å². The Labute approximate surface area is 112 Å². The first-order valence-corrected chi connectivity index (χ1v) is 7.07. The lowest BCUT2D eigenvalue weighted by atomic mass is 10.3. The third-order valence-electron chi connectivity index (χ3n) is 4.57. The number of aromatic nitrogens is 3. The van der Waals surface area contributed by atoms with Gasteiger partial charge in [0, 0.05) is 19.1 Å². The molecule has 1 saturated carbocycles. The van der Waals surface area contributed by atoms with E-state index in [4.69, 9.17) is 5.10 Å². The van der Waals surface area contributed by atoms with Gasteiger partial charge in [0.05, 0.1) is 11.9 Å². The minimum atomic E-state index is 0.736. The fourth-order valence-corrected chi connectivity index (χ4v) is 3.40. The summed E-state index contributed by atoms with van der Waals surface area (Å²) >= 11 is 0. The first-order valence-electron chi connectivity index (χ1n) is 7.07. The van der Waals surface area contributed by atoms with E-state index in [2.05, 4.69) is 41.3 Å². The maximum Gasteiger partial charge on any atom is 0.153 e. The fourth-order valence-electron chi connectivity index (χ4n) is 3.40. The van der Waals surface area contributed by atoms with Gasteiger partial charge in [-0.05, 0) is 37.4 Å². The Morgan fingerprint density at radius 1 is 1.32 bits per heavy atom. The van der Waals surface area contributed by atoms with Crippen LogP contribution in [-0.2, 0) is 6.42 Å². The third-order valence-corrected chi connectivity index (χ3v) is 4.57. The van der Waals surface area contributed by atoms with Crippen molar-refractivity contribution in [3.8, 4) is 0 Å². The second kappa shape index (κ2) is 3.93. The third kappa shape index (κ3) is 1.64. The molecule has 3 heterocycles. The second-order valence-corrected chi connectivity index (χ2v) is 5.63. The summed E-state index contributed by atoms with van der Waals surface area (Å²) in [5.41, 5.74) is 2.04. The van der Waals surface area contributed by atoms with E-state index in [-0.39, 0.29) is 0 Å². The van der Waals surface area contributed by atoms with Crippen molar-refractivity contribution in [2.45, 2.75) is 19.4 Å². The summed E-state index contributed by atoms with van der Waals surface area (Å²) in [5, 5.41) is 8.08. The molecule has 0 radical (unpaired) electrons. The van der Waals surface area contributed by atoms with E-state index in [1.54, 1.807) is 0 Å². The van der Waals surface area contributed by atoms with E-state index in [9.17, 15) is 0 Å². The zero-order chi connectivity index (χ0) is 13.0. The van der Waals surface area contributed by atoms with Gasteiger partial charge in [0.1, 0.15) is 5.82 Å². The van der Waals surface area contributed by atoms with E-state index in [1.807, 2.05) is 10.7 Å². The molecule has 4 rings (SSSR count). The van der Waals surface area contributed by atoms with Crippen LogP contribution >= 0.6 is 0 Å². The summed E-state index contributed by atoms with van der Waals surface area (Å²) in [6.07, 6.45) is 2.99. The summed E-state index contributed by atoms with van der Waals surface area (Å²) in [7, 11) is 2.06. The molecule has 1 aliphatic heterocycles. The molecule has 2 aromatic rings. The van der Waals surface area contributed by atoms with E-state index < -0.39 is 0 Å². The van der Waals surface area contributed by atoms with Gasteiger partial charge in [-0.25, -0.2) is 9.50 Å². The molecule has 5 heteroatoms. The molecule has 3 atom stereocenters. The quantitative estimate of drug-likeness (QED) is 0.889. The molecule has 0 aromatic carbocycles. The van der Waals surface area contributed by atoms with E-state index in [0.717, 1.165) is 54.5 Å². The van der Waals surface area contributed by atoms with Crippen LogP contribution < -0.4 is 10.2 Å². The highest BCUT2D eigenvalue weighted by Gasteiger charge is 2.55. The number of nitrogens with zero attached hydrogens (tertiary/aromatic N) is 4. The highest BCUT2D eigenvalue weighted by atomic mass is 15.3. The molecule has 0 spiro atoms. The summed E-state index contributed by atoms with van der Waals surface area (Å²) in [6.45, 7) is 4.38. The second-order valence-electron chi connectivity index (χ2n) is 5.63. The summed E-state index contributed by atoms with van der Waals surface area (Å²) in [5.74, 6) is 2.71. The Hall–Kier alpha value is -1.62. The van der Waals surface area contributed by atoms with Gasteiger partial charge in [0.25, 0.3) is 0 Å². The Bertz CT molecular complexity index is 607. The molecule has 1 N–H and O–H groups in total. The van der Waals surface area contributed by atoms with Crippen molar-refractivity contribution in [2.75, 3.05) is 25.0 Å². The van der Waals surface area contributed by atoms with E-state index in [1.165, 1.54) is 0 Å². The molecule has 1 unspecified atom stereocenters. The highest BCUT2D eigenvalue weighted by Crippen LogP contribution is 2.46. The molecule has 19 heavy (non-hydrogen) atoms. The van der Waals surface area contributed by atoms with E-state index >= 15 is 0 Å². The molecule has 0 bridgehead atoms. The molecule has 0 amide bonds. The SMILES string of the molecule is CCc1cn2nc(N3C[C@@H]4C(NC)[C@@H]4C3)ccc2n1. The van der Waals surface area contributed by atoms with Crippen molar-refractivity contribution in [1.82, 2.24) is 19.9 Å². The molecular weight excluding hydrogens is 238 g/mol. The standard InChI is InChI=1S/C14H19N5/c1-3-9-6-19-12(16-9)4-5-13(17-19)18-7-10-11(8-18)14(10)15-2/h4-6,10-11,14-15H,3,7-8H2,1-2H3/t10-,11+,14?. The average molecular weight is 257 g/mol. The maximum absolute atomic E-state index is 4.69. The zero-order valence-electron chi connectivity index (χ0n) is 11.4. The Morgan fingerprint density at radius 3 is 2.79 bits per heavy atom. The van der Waals surface area contributed by atoms with Crippen molar-refractivity contribution in [1.29, 1.82) is 0 Å². The van der Waals surface area contributed by atoms with Crippen LogP contribution in [0.15, 0.2) is 18.3 Å². The average Bonchev–Trinajstić information content (AvgIpc) is 2.83. The Morgan fingerprint density at radius 2 is 2.11 bits per heavy atom. The molecule has 2 fully saturated rings. The number of hydrogen-bond donors (Lipinski definition) is 1. The van der Waals surface area contributed by atoms with Crippen molar-refractivity contribution in [3.63, 3.8) is 0 Å². The number of hydrogen-bond acceptors (Lipinski definition) is 4. The first-order chi connectivity index (χ1) is 9.30. The monoisotopic (exact) mass is 257 g/mol. The lowest BCUT2D eigenvalue weighted by Crippen LogP contribution is -2.30. The van der Waals surface area contributed by atoms with Crippen molar-refractivity contribution in [2.24, 2.45) is 11.8 Å². The van der Waals surface area contributed by atoms with Crippen LogP contribution in [0.2, 0.25) is 0 Å². The fraction of sp³-hybridized carbons (Fsp3) is 0.571. The van der Waals surface area contributed by atoms with Gasteiger partial charge in [-0.15, -0.1) is 5.10 Å². The number of aryl methyl sites for hydroxylation is 1. The molecule has 1 saturated heterocycles. The van der Waals surface area contributed by atoms with Gasteiger partial charge in [0.2, 0.25) is 0 Å². The smallest absolute Gasteiger partial charge is 0.153 e. The largest absolute Gasteiger partial charge is 0.354 e. The van der Waals surface area contributed by atoms with Crippen LogP contribution in [0.3, 0.4) is 0 Å². The van der Waals surface area contributed by atoms with Crippen LogP contribution in [-0.4, -0.2) is 40.8 Å². The van der Waals surface area contributed by atoms with Crippen LogP contribution in [0.25, 0.3) is 5.65 Å². The Kier molecular flexibility index (Phi) is 2.33. The van der Waals surface area contributed by atoms with Gasteiger partial charge in [-0.2, -0.15) is 0 Å². The molecule has 1 aliphatic carbocycles. The first kappa shape index (κ1) is 11.2. The van der Waals surface area contributed by atoms with Gasteiger partial charge >= 0.3 is 0 Å². The Balaban J connectivity index is 1.59. The minimum Gasteiger partial charge on any atom is -0.354 e. The van der Waals surface area contributed by atoms with Gasteiger partial charge in [-0.3, -0.25) is 0 Å².